The molecule has 0 N–H and O–H groups in total. The van der Waals surface area contributed by atoms with Gasteiger partial charge in [-0.15, -0.1) is 0 Å². The van der Waals surface area contributed by atoms with Gasteiger partial charge in [-0.25, -0.2) is 0 Å². The zero-order valence-corrected chi connectivity index (χ0v) is 11.7. The lowest BCUT2D eigenvalue weighted by atomic mass is 10.2. The third kappa shape index (κ3) is 12.2. The first-order valence-corrected chi connectivity index (χ1v) is 6.03. The van der Waals surface area contributed by atoms with Crippen molar-refractivity contribution in [3.8, 4) is 0 Å². The van der Waals surface area contributed by atoms with Crippen LogP contribution in [0.1, 0.15) is 25.0 Å². The minimum atomic E-state index is 0.167. The van der Waals surface area contributed by atoms with Gasteiger partial charge in [0.15, 0.2) is 0 Å². The van der Waals surface area contributed by atoms with Crippen LogP contribution >= 0.6 is 0 Å². The second kappa shape index (κ2) is 10.3. The summed E-state index contributed by atoms with van der Waals surface area (Å²) in [5, 5.41) is 0. The number of aryl methyl sites for hydroxylation is 2. The Hall–Kier alpha value is -1.89. The van der Waals surface area contributed by atoms with Gasteiger partial charge in [-0.3, -0.25) is 0 Å². The van der Waals surface area contributed by atoms with E-state index in [0.717, 1.165) is 0 Å². The Kier molecular flexibility index (Phi) is 9.20. The number of Topliss-reactive ketones (excluding diaryl/α,β-unsaturated/α-hetero) is 1. The molecule has 1 heteroatoms. The van der Waals surface area contributed by atoms with Gasteiger partial charge in [0.1, 0.15) is 5.78 Å². The van der Waals surface area contributed by atoms with E-state index in [0.29, 0.717) is 0 Å². The smallest absolute Gasteiger partial charge is 0.126 e. The molecule has 2 rings (SSSR count). The van der Waals surface area contributed by atoms with Gasteiger partial charge in [0, 0.05) is 0 Å². The van der Waals surface area contributed by atoms with Crippen LogP contribution in [0, 0.1) is 13.8 Å². The normalized spacial score (nSPS) is 8.22. The molecular weight excluding hydrogens is 220 g/mol. The highest BCUT2D eigenvalue weighted by Crippen LogP contribution is 1.92. The van der Waals surface area contributed by atoms with Crippen molar-refractivity contribution in [1.29, 1.82) is 0 Å². The fourth-order valence-electron chi connectivity index (χ4n) is 1.07. The van der Waals surface area contributed by atoms with Crippen LogP contribution in [0.15, 0.2) is 60.7 Å². The molecule has 0 saturated carbocycles. The molecule has 0 bridgehead atoms. The maximum Gasteiger partial charge on any atom is 0.126 e. The molecule has 0 unspecified atom stereocenters. The van der Waals surface area contributed by atoms with Gasteiger partial charge < -0.3 is 4.79 Å². The third-order valence-electron chi connectivity index (χ3n) is 1.88. The van der Waals surface area contributed by atoms with Crippen LogP contribution in [0.2, 0.25) is 0 Å². The van der Waals surface area contributed by atoms with Gasteiger partial charge >= 0.3 is 0 Å². The Labute approximate surface area is 110 Å². The Morgan fingerprint density at radius 1 is 0.667 bits per heavy atom. The third-order valence-corrected chi connectivity index (χ3v) is 1.88. The lowest BCUT2D eigenvalue weighted by Crippen LogP contribution is -1.69. The fourth-order valence-corrected chi connectivity index (χ4v) is 1.07. The van der Waals surface area contributed by atoms with Crippen LogP contribution in [-0.2, 0) is 4.79 Å². The molecule has 0 aliphatic rings. The number of hydrogen-bond donors (Lipinski definition) is 0. The van der Waals surface area contributed by atoms with Crippen molar-refractivity contribution in [3.63, 3.8) is 0 Å². The molecule has 96 valence electrons. The van der Waals surface area contributed by atoms with Gasteiger partial charge in [-0.1, -0.05) is 71.8 Å². The van der Waals surface area contributed by atoms with Crippen molar-refractivity contribution in [2.45, 2.75) is 27.7 Å². The molecule has 0 aromatic heterocycles. The van der Waals surface area contributed by atoms with Crippen LogP contribution in [-0.4, -0.2) is 5.78 Å². The average molecular weight is 242 g/mol. The van der Waals surface area contributed by atoms with E-state index < -0.39 is 0 Å². The van der Waals surface area contributed by atoms with E-state index in [2.05, 4.69) is 38.1 Å². The van der Waals surface area contributed by atoms with Crippen LogP contribution in [0.5, 0.6) is 0 Å². The van der Waals surface area contributed by atoms with E-state index in [9.17, 15) is 4.79 Å². The summed E-state index contributed by atoms with van der Waals surface area (Å²) in [6.07, 6.45) is 0. The number of hydrogen-bond acceptors (Lipinski definition) is 1. The Bertz CT molecular complexity index is 376. The number of carbonyl (C=O) groups is 1. The van der Waals surface area contributed by atoms with Gasteiger partial charge in [0.2, 0.25) is 0 Å². The van der Waals surface area contributed by atoms with E-state index in [1.807, 2.05) is 36.4 Å². The lowest BCUT2D eigenvalue weighted by Gasteiger charge is -1.82. The first-order chi connectivity index (χ1) is 8.52. The molecule has 0 fully saturated rings. The van der Waals surface area contributed by atoms with E-state index in [1.54, 1.807) is 0 Å². The fraction of sp³-hybridized carbons (Fsp3) is 0.235. The van der Waals surface area contributed by atoms with Gasteiger partial charge in [0.05, 0.1) is 0 Å². The maximum absolute atomic E-state index is 9.44. The number of carbonyl (C=O) groups excluding carboxylic acids is 1. The summed E-state index contributed by atoms with van der Waals surface area (Å²) in [7, 11) is 0. The molecule has 0 radical (unpaired) electrons. The highest BCUT2D eigenvalue weighted by Gasteiger charge is 1.72. The first kappa shape index (κ1) is 16.1. The predicted molar refractivity (Wildman–Crippen MR) is 78.7 cm³/mol. The van der Waals surface area contributed by atoms with Crippen molar-refractivity contribution < 1.29 is 4.79 Å². The van der Waals surface area contributed by atoms with Crippen LogP contribution in [0.3, 0.4) is 0 Å². The lowest BCUT2D eigenvalue weighted by molar-refractivity contribution is -0.114. The summed E-state index contributed by atoms with van der Waals surface area (Å²) in [5.74, 6) is 0.167. The molecule has 0 aliphatic heterocycles. The molecule has 0 amide bonds. The first-order valence-electron chi connectivity index (χ1n) is 6.03. The van der Waals surface area contributed by atoms with E-state index in [-0.39, 0.29) is 5.78 Å². The van der Waals surface area contributed by atoms with Gasteiger partial charge in [-0.2, -0.15) is 0 Å². The monoisotopic (exact) mass is 242 g/mol. The summed E-state index contributed by atoms with van der Waals surface area (Å²) in [5.41, 5.74) is 2.64. The average Bonchev–Trinajstić information content (AvgIpc) is 2.31. The van der Waals surface area contributed by atoms with Gasteiger partial charge in [0.25, 0.3) is 0 Å². The topological polar surface area (TPSA) is 17.1 Å². The van der Waals surface area contributed by atoms with E-state index in [4.69, 9.17) is 0 Å². The number of ketones is 1. The van der Waals surface area contributed by atoms with Crippen molar-refractivity contribution in [1.82, 2.24) is 0 Å². The summed E-state index contributed by atoms with van der Waals surface area (Å²) < 4.78 is 0. The van der Waals surface area contributed by atoms with Crippen LogP contribution in [0.4, 0.5) is 0 Å². The predicted octanol–water partition coefficient (Wildman–Crippen LogP) is 4.59. The van der Waals surface area contributed by atoms with Crippen molar-refractivity contribution in [3.05, 3.63) is 71.8 Å². The minimum absolute atomic E-state index is 0.167. The summed E-state index contributed by atoms with van der Waals surface area (Å²) >= 11 is 0. The highest BCUT2D eigenvalue weighted by atomic mass is 16.1. The molecule has 0 spiro atoms. The molecule has 2 aromatic rings. The maximum atomic E-state index is 9.44. The molecule has 0 heterocycles. The minimum Gasteiger partial charge on any atom is -0.300 e. The van der Waals surface area contributed by atoms with Gasteiger partial charge in [-0.05, 0) is 27.7 Å². The molecule has 2 aromatic carbocycles. The largest absolute Gasteiger partial charge is 0.300 e. The zero-order valence-electron chi connectivity index (χ0n) is 11.7. The summed E-state index contributed by atoms with van der Waals surface area (Å²) in [4.78, 5) is 9.44. The zero-order chi connectivity index (χ0) is 13.8. The van der Waals surface area contributed by atoms with Crippen LogP contribution in [0.25, 0.3) is 0 Å². The number of rotatable bonds is 0. The number of benzene rings is 2. The summed E-state index contributed by atoms with van der Waals surface area (Å²) in [6.45, 7) is 7.22. The molecule has 0 aliphatic carbocycles. The molecular formula is C17H22O. The molecule has 1 nitrogen and oxygen atoms in total. The SMILES string of the molecule is CC(C)=O.Cc1ccccc1.Cc1ccccc1. The highest BCUT2D eigenvalue weighted by molar-refractivity contribution is 5.72. The van der Waals surface area contributed by atoms with Crippen molar-refractivity contribution >= 4 is 5.78 Å². The van der Waals surface area contributed by atoms with E-state index >= 15 is 0 Å². The van der Waals surface area contributed by atoms with E-state index in [1.165, 1.54) is 25.0 Å². The Morgan fingerprint density at radius 3 is 1.00 bits per heavy atom. The van der Waals surface area contributed by atoms with Crippen LogP contribution < -0.4 is 0 Å². The van der Waals surface area contributed by atoms with Crippen molar-refractivity contribution in [2.75, 3.05) is 0 Å². The Morgan fingerprint density at radius 2 is 0.889 bits per heavy atom. The summed E-state index contributed by atoms with van der Waals surface area (Å²) in [6, 6.07) is 20.5. The Balaban J connectivity index is 0.000000253. The second-order valence-electron chi connectivity index (χ2n) is 4.22. The molecule has 18 heavy (non-hydrogen) atoms. The molecule has 0 saturated heterocycles. The standard InChI is InChI=1S/2C7H8.C3H6O/c2*1-7-5-3-2-4-6-7;1-3(2)4/h2*2-6H,1H3;1-2H3. The quantitative estimate of drug-likeness (QED) is 0.660. The van der Waals surface area contributed by atoms with Crippen molar-refractivity contribution in [2.24, 2.45) is 0 Å². The second-order valence-corrected chi connectivity index (χ2v) is 4.22. The molecule has 0 atom stereocenters.